The molecule has 0 fully saturated rings. The van der Waals surface area contributed by atoms with Crippen molar-refractivity contribution in [1.29, 1.82) is 0 Å². The molecule has 0 aliphatic carbocycles. The van der Waals surface area contributed by atoms with E-state index in [-0.39, 0.29) is 5.91 Å². The second-order valence-corrected chi connectivity index (χ2v) is 8.35. The summed E-state index contributed by atoms with van der Waals surface area (Å²) >= 11 is 0. The number of hydrogen-bond acceptors (Lipinski definition) is 3. The van der Waals surface area contributed by atoms with Crippen molar-refractivity contribution < 1.29 is 4.79 Å². The lowest BCUT2D eigenvalue weighted by Gasteiger charge is -2.11. The van der Waals surface area contributed by atoms with Crippen LogP contribution in [0.4, 0.5) is 0 Å². The molecule has 0 saturated carbocycles. The molecule has 4 nitrogen and oxygen atoms in total. The Balaban J connectivity index is 1.61. The Hall–Kier alpha value is -3.76. The monoisotopic (exact) mass is 435 g/mol. The third kappa shape index (κ3) is 5.93. The highest BCUT2D eigenvalue weighted by Crippen LogP contribution is 2.30. The van der Waals surface area contributed by atoms with E-state index in [1.54, 1.807) is 0 Å². The van der Waals surface area contributed by atoms with E-state index in [2.05, 4.69) is 46.6 Å². The first-order valence-electron chi connectivity index (χ1n) is 11.3. The van der Waals surface area contributed by atoms with Crippen LogP contribution in [0.2, 0.25) is 0 Å². The maximum absolute atomic E-state index is 12.5. The standard InChI is InChI=1S/C29H29N3O/c1-32(2)19-9-18-30-29(33)25-16-14-22(15-17-25)26-20-27(23-10-5-3-6-11-23)31-28(21-26)24-12-7-4-8-13-24/h3-8,10-17,20-21H,9,18-19H2,1-2H3,(H,30,33). The molecule has 0 aliphatic rings. The molecule has 0 saturated heterocycles. The molecule has 1 N–H and O–H groups in total. The Morgan fingerprint density at radius 2 is 1.27 bits per heavy atom. The highest BCUT2D eigenvalue weighted by molar-refractivity contribution is 5.94. The van der Waals surface area contributed by atoms with Gasteiger partial charge in [0.05, 0.1) is 11.4 Å². The zero-order valence-corrected chi connectivity index (χ0v) is 19.2. The molecule has 0 spiro atoms. The van der Waals surface area contributed by atoms with Crippen LogP contribution in [-0.2, 0) is 0 Å². The van der Waals surface area contributed by atoms with Crippen molar-refractivity contribution in [2.45, 2.75) is 6.42 Å². The number of nitrogens with zero attached hydrogens (tertiary/aromatic N) is 2. The number of amides is 1. The van der Waals surface area contributed by atoms with Crippen LogP contribution in [0.3, 0.4) is 0 Å². The fraction of sp³-hybridized carbons (Fsp3) is 0.172. The summed E-state index contributed by atoms with van der Waals surface area (Å²) in [7, 11) is 4.07. The average Bonchev–Trinajstić information content (AvgIpc) is 2.87. The number of rotatable bonds is 8. The van der Waals surface area contributed by atoms with Crippen LogP contribution >= 0.6 is 0 Å². The summed E-state index contributed by atoms with van der Waals surface area (Å²) in [5.41, 5.74) is 6.79. The van der Waals surface area contributed by atoms with Crippen molar-refractivity contribution >= 4 is 5.91 Å². The highest BCUT2D eigenvalue weighted by atomic mass is 16.1. The van der Waals surface area contributed by atoms with E-state index in [9.17, 15) is 4.79 Å². The normalized spacial score (nSPS) is 10.9. The number of carbonyl (C=O) groups excluding carboxylic acids is 1. The van der Waals surface area contributed by atoms with Crippen LogP contribution in [0.1, 0.15) is 16.8 Å². The van der Waals surface area contributed by atoms with Gasteiger partial charge in [0.15, 0.2) is 0 Å². The average molecular weight is 436 g/mol. The summed E-state index contributed by atoms with van der Waals surface area (Å²) in [6.45, 7) is 1.62. The first-order chi connectivity index (χ1) is 16.1. The zero-order valence-electron chi connectivity index (χ0n) is 19.2. The molecule has 4 rings (SSSR count). The Morgan fingerprint density at radius 3 is 1.79 bits per heavy atom. The van der Waals surface area contributed by atoms with Crippen molar-refractivity contribution in [3.63, 3.8) is 0 Å². The second kappa shape index (κ2) is 10.7. The summed E-state index contributed by atoms with van der Waals surface area (Å²) in [5.74, 6) is -0.0371. The third-order valence-corrected chi connectivity index (χ3v) is 5.51. The molecule has 0 bridgehead atoms. The molecular formula is C29H29N3O. The van der Waals surface area contributed by atoms with Crippen LogP contribution in [0, 0.1) is 0 Å². The summed E-state index contributed by atoms with van der Waals surface area (Å²) in [4.78, 5) is 19.5. The van der Waals surface area contributed by atoms with E-state index < -0.39 is 0 Å². The van der Waals surface area contributed by atoms with Gasteiger partial charge in [-0.2, -0.15) is 0 Å². The molecule has 1 heterocycles. The lowest BCUT2D eigenvalue weighted by Crippen LogP contribution is -2.27. The predicted molar refractivity (Wildman–Crippen MR) is 136 cm³/mol. The van der Waals surface area contributed by atoms with E-state index >= 15 is 0 Å². The van der Waals surface area contributed by atoms with Gasteiger partial charge in [0.1, 0.15) is 0 Å². The summed E-state index contributed by atoms with van der Waals surface area (Å²) < 4.78 is 0. The van der Waals surface area contributed by atoms with Crippen LogP contribution in [0.25, 0.3) is 33.6 Å². The number of benzene rings is 3. The van der Waals surface area contributed by atoms with Crippen molar-refractivity contribution in [2.24, 2.45) is 0 Å². The molecule has 3 aromatic carbocycles. The van der Waals surface area contributed by atoms with Gasteiger partial charge in [-0.25, -0.2) is 4.98 Å². The molecule has 0 unspecified atom stereocenters. The quantitative estimate of drug-likeness (QED) is 0.358. The Bertz CT molecular complexity index is 1130. The van der Waals surface area contributed by atoms with Gasteiger partial charge in [0, 0.05) is 23.2 Å². The molecule has 33 heavy (non-hydrogen) atoms. The Kier molecular flexibility index (Phi) is 7.28. The van der Waals surface area contributed by atoms with Gasteiger partial charge in [-0.15, -0.1) is 0 Å². The zero-order chi connectivity index (χ0) is 23.0. The largest absolute Gasteiger partial charge is 0.352 e. The topological polar surface area (TPSA) is 45.2 Å². The molecule has 1 amide bonds. The second-order valence-electron chi connectivity index (χ2n) is 8.35. The fourth-order valence-corrected chi connectivity index (χ4v) is 3.72. The van der Waals surface area contributed by atoms with Crippen LogP contribution in [-0.4, -0.2) is 43.0 Å². The third-order valence-electron chi connectivity index (χ3n) is 5.51. The van der Waals surface area contributed by atoms with Gasteiger partial charge in [-0.3, -0.25) is 4.79 Å². The number of pyridine rings is 1. The van der Waals surface area contributed by atoms with Gasteiger partial charge < -0.3 is 10.2 Å². The van der Waals surface area contributed by atoms with E-state index in [0.29, 0.717) is 12.1 Å². The SMILES string of the molecule is CN(C)CCCNC(=O)c1ccc(-c2cc(-c3ccccc3)nc(-c3ccccc3)c2)cc1. The summed E-state index contributed by atoms with van der Waals surface area (Å²) in [6, 6.07) is 32.4. The van der Waals surface area contributed by atoms with Gasteiger partial charge in [0.2, 0.25) is 0 Å². The van der Waals surface area contributed by atoms with Crippen molar-refractivity contribution in [1.82, 2.24) is 15.2 Å². The number of hydrogen-bond donors (Lipinski definition) is 1. The summed E-state index contributed by atoms with van der Waals surface area (Å²) in [6.07, 6.45) is 0.929. The minimum Gasteiger partial charge on any atom is -0.352 e. The van der Waals surface area contributed by atoms with Crippen LogP contribution in [0.15, 0.2) is 97.1 Å². The lowest BCUT2D eigenvalue weighted by molar-refractivity contribution is 0.0952. The van der Waals surface area contributed by atoms with Gasteiger partial charge in [-0.1, -0.05) is 72.8 Å². The van der Waals surface area contributed by atoms with Crippen LogP contribution in [0.5, 0.6) is 0 Å². The molecule has 4 heteroatoms. The lowest BCUT2D eigenvalue weighted by atomic mass is 9.99. The van der Waals surface area contributed by atoms with Crippen molar-refractivity contribution in [2.75, 3.05) is 27.2 Å². The molecule has 1 aromatic heterocycles. The molecular weight excluding hydrogens is 406 g/mol. The molecule has 0 atom stereocenters. The minimum absolute atomic E-state index is 0.0371. The van der Waals surface area contributed by atoms with Crippen molar-refractivity contribution in [3.05, 3.63) is 103 Å². The smallest absolute Gasteiger partial charge is 0.251 e. The summed E-state index contributed by atoms with van der Waals surface area (Å²) in [5, 5.41) is 3.00. The Labute approximate surface area is 195 Å². The highest BCUT2D eigenvalue weighted by Gasteiger charge is 2.10. The van der Waals surface area contributed by atoms with E-state index in [4.69, 9.17) is 4.98 Å². The van der Waals surface area contributed by atoms with Crippen molar-refractivity contribution in [3.8, 4) is 33.6 Å². The minimum atomic E-state index is -0.0371. The first-order valence-corrected chi connectivity index (χ1v) is 11.3. The number of nitrogens with one attached hydrogen (secondary N) is 1. The first kappa shape index (κ1) is 22.4. The molecule has 0 radical (unpaired) electrons. The molecule has 166 valence electrons. The van der Waals surface area contributed by atoms with Gasteiger partial charge in [0.25, 0.3) is 5.91 Å². The molecule has 0 aliphatic heterocycles. The maximum atomic E-state index is 12.5. The van der Waals surface area contributed by atoms with Crippen LogP contribution < -0.4 is 5.32 Å². The maximum Gasteiger partial charge on any atom is 0.251 e. The number of aromatic nitrogens is 1. The number of carbonyl (C=O) groups is 1. The Morgan fingerprint density at radius 1 is 0.727 bits per heavy atom. The van der Waals surface area contributed by atoms with Gasteiger partial charge >= 0.3 is 0 Å². The van der Waals surface area contributed by atoms with Gasteiger partial charge in [-0.05, 0) is 62.5 Å². The molecule has 4 aromatic rings. The van der Waals surface area contributed by atoms with E-state index in [1.807, 2.05) is 74.8 Å². The van der Waals surface area contributed by atoms with E-state index in [1.165, 1.54) is 0 Å². The fourth-order valence-electron chi connectivity index (χ4n) is 3.72. The predicted octanol–water partition coefficient (Wildman–Crippen LogP) is 5.76. The van der Waals surface area contributed by atoms with E-state index in [0.717, 1.165) is 46.6 Å².